The lowest BCUT2D eigenvalue weighted by atomic mass is 10.1. The largest absolute Gasteiger partial charge is 0.485 e. The maximum absolute atomic E-state index is 5.95. The SMILES string of the molecule is CNCC1Oc2ccc(N)cc2N(C)C1C. The topological polar surface area (TPSA) is 50.5 Å². The molecule has 2 unspecified atom stereocenters. The molecule has 4 heteroatoms. The van der Waals surface area contributed by atoms with E-state index in [4.69, 9.17) is 10.5 Å². The highest BCUT2D eigenvalue weighted by atomic mass is 16.5. The van der Waals surface area contributed by atoms with E-state index in [1.165, 1.54) is 0 Å². The summed E-state index contributed by atoms with van der Waals surface area (Å²) >= 11 is 0. The van der Waals surface area contributed by atoms with Crippen LogP contribution in [0.3, 0.4) is 0 Å². The monoisotopic (exact) mass is 221 g/mol. The molecule has 1 heterocycles. The van der Waals surface area contributed by atoms with E-state index in [9.17, 15) is 0 Å². The first-order valence-corrected chi connectivity index (χ1v) is 5.57. The molecule has 0 aliphatic carbocycles. The van der Waals surface area contributed by atoms with Gasteiger partial charge in [0.1, 0.15) is 11.9 Å². The first-order chi connectivity index (χ1) is 7.63. The van der Waals surface area contributed by atoms with Gasteiger partial charge in [-0.25, -0.2) is 0 Å². The molecule has 1 aliphatic heterocycles. The summed E-state index contributed by atoms with van der Waals surface area (Å²) in [5.74, 6) is 0.912. The third-order valence-corrected chi connectivity index (χ3v) is 3.20. The number of likely N-dealkylation sites (N-methyl/N-ethyl adjacent to an activating group) is 2. The Hall–Kier alpha value is -1.42. The van der Waals surface area contributed by atoms with Crippen molar-refractivity contribution in [2.45, 2.75) is 19.1 Å². The van der Waals surface area contributed by atoms with Crippen LogP contribution in [0.25, 0.3) is 0 Å². The lowest BCUT2D eigenvalue weighted by Crippen LogP contribution is -2.50. The van der Waals surface area contributed by atoms with Gasteiger partial charge in [0.25, 0.3) is 0 Å². The van der Waals surface area contributed by atoms with Crippen LogP contribution in [-0.4, -0.2) is 32.8 Å². The number of nitrogens with one attached hydrogen (secondary N) is 1. The van der Waals surface area contributed by atoms with Crippen molar-refractivity contribution >= 4 is 11.4 Å². The van der Waals surface area contributed by atoms with Gasteiger partial charge in [0.05, 0.1) is 11.7 Å². The molecule has 0 radical (unpaired) electrons. The first kappa shape index (κ1) is 11.1. The molecule has 2 rings (SSSR count). The lowest BCUT2D eigenvalue weighted by Gasteiger charge is -2.39. The zero-order valence-electron chi connectivity index (χ0n) is 10.0. The number of nitrogens with two attached hydrogens (primary N) is 1. The number of ether oxygens (including phenoxy) is 1. The van der Waals surface area contributed by atoms with Gasteiger partial charge in [-0.1, -0.05) is 0 Å². The molecule has 0 spiro atoms. The second-order valence-electron chi connectivity index (χ2n) is 4.29. The summed E-state index contributed by atoms with van der Waals surface area (Å²) in [6.07, 6.45) is 0.172. The minimum atomic E-state index is 0.172. The van der Waals surface area contributed by atoms with Crippen LogP contribution >= 0.6 is 0 Å². The number of nitrogen functional groups attached to an aromatic ring is 1. The van der Waals surface area contributed by atoms with Crippen LogP contribution in [0.1, 0.15) is 6.92 Å². The second-order valence-corrected chi connectivity index (χ2v) is 4.29. The zero-order chi connectivity index (χ0) is 11.7. The number of hydrogen-bond acceptors (Lipinski definition) is 4. The van der Waals surface area contributed by atoms with Gasteiger partial charge in [-0.15, -0.1) is 0 Å². The molecule has 0 saturated heterocycles. The fourth-order valence-electron chi connectivity index (χ4n) is 2.05. The molecule has 1 aromatic carbocycles. The van der Waals surface area contributed by atoms with Crippen LogP contribution in [0.5, 0.6) is 5.75 Å². The van der Waals surface area contributed by atoms with Crippen molar-refractivity contribution in [3.05, 3.63) is 18.2 Å². The highest BCUT2D eigenvalue weighted by molar-refractivity contribution is 5.66. The molecule has 3 N–H and O–H groups in total. The van der Waals surface area contributed by atoms with E-state index in [0.29, 0.717) is 6.04 Å². The number of rotatable bonds is 2. The average molecular weight is 221 g/mol. The first-order valence-electron chi connectivity index (χ1n) is 5.57. The summed E-state index contributed by atoms with van der Waals surface area (Å²) in [5, 5.41) is 3.15. The van der Waals surface area contributed by atoms with E-state index in [1.807, 2.05) is 25.2 Å². The Morgan fingerprint density at radius 1 is 1.50 bits per heavy atom. The quantitative estimate of drug-likeness (QED) is 0.734. The van der Waals surface area contributed by atoms with Crippen LogP contribution in [0.2, 0.25) is 0 Å². The molecule has 2 atom stereocenters. The predicted molar refractivity (Wildman–Crippen MR) is 67.1 cm³/mol. The maximum Gasteiger partial charge on any atom is 0.143 e. The van der Waals surface area contributed by atoms with E-state index < -0.39 is 0 Å². The second kappa shape index (κ2) is 4.22. The van der Waals surface area contributed by atoms with Crippen molar-refractivity contribution in [2.24, 2.45) is 0 Å². The number of nitrogens with zero attached hydrogens (tertiary/aromatic N) is 1. The molecule has 4 nitrogen and oxygen atoms in total. The van der Waals surface area contributed by atoms with Crippen LogP contribution in [0, 0.1) is 0 Å². The van der Waals surface area contributed by atoms with Crippen LogP contribution in [-0.2, 0) is 0 Å². The Balaban J connectivity index is 2.32. The molecule has 1 aliphatic rings. The van der Waals surface area contributed by atoms with Crippen molar-refractivity contribution < 1.29 is 4.74 Å². The van der Waals surface area contributed by atoms with Crippen molar-refractivity contribution in [3.63, 3.8) is 0 Å². The number of benzene rings is 1. The van der Waals surface area contributed by atoms with Crippen LogP contribution in [0.4, 0.5) is 11.4 Å². The average Bonchev–Trinajstić information content (AvgIpc) is 2.27. The molecule has 0 saturated carbocycles. The molecule has 0 fully saturated rings. The van der Waals surface area contributed by atoms with Crippen molar-refractivity contribution in [1.29, 1.82) is 0 Å². The Bertz CT molecular complexity index is 381. The summed E-state index contributed by atoms with van der Waals surface area (Å²) in [5.41, 5.74) is 7.63. The smallest absolute Gasteiger partial charge is 0.143 e. The summed E-state index contributed by atoms with van der Waals surface area (Å²) in [6, 6.07) is 6.11. The van der Waals surface area contributed by atoms with Gasteiger partial charge in [0.2, 0.25) is 0 Å². The number of hydrogen-bond donors (Lipinski definition) is 2. The standard InChI is InChI=1S/C12H19N3O/c1-8-12(7-14-2)16-11-5-4-9(13)6-10(11)15(8)3/h4-6,8,12,14H,7,13H2,1-3H3. The third kappa shape index (κ3) is 1.80. The van der Waals surface area contributed by atoms with E-state index in [-0.39, 0.29) is 6.10 Å². The van der Waals surface area contributed by atoms with Crippen molar-refractivity contribution in [3.8, 4) is 5.75 Å². The fraction of sp³-hybridized carbons (Fsp3) is 0.500. The highest BCUT2D eigenvalue weighted by Crippen LogP contribution is 2.36. The summed E-state index contributed by atoms with van der Waals surface area (Å²) < 4.78 is 5.95. The molecule has 16 heavy (non-hydrogen) atoms. The Morgan fingerprint density at radius 3 is 2.94 bits per heavy atom. The maximum atomic E-state index is 5.95. The van der Waals surface area contributed by atoms with Gasteiger partial charge >= 0.3 is 0 Å². The van der Waals surface area contributed by atoms with E-state index in [1.54, 1.807) is 0 Å². The van der Waals surface area contributed by atoms with Gasteiger partial charge in [-0.2, -0.15) is 0 Å². The van der Waals surface area contributed by atoms with Gasteiger partial charge < -0.3 is 20.7 Å². The Kier molecular flexibility index (Phi) is 2.92. The van der Waals surface area contributed by atoms with Gasteiger partial charge in [0, 0.05) is 19.3 Å². The Labute approximate surface area is 96.4 Å². The molecule has 0 amide bonds. The van der Waals surface area contributed by atoms with Crippen LogP contribution < -0.4 is 20.7 Å². The minimum absolute atomic E-state index is 0.172. The molecular weight excluding hydrogens is 202 g/mol. The normalized spacial score (nSPS) is 23.8. The van der Waals surface area contributed by atoms with Gasteiger partial charge in [-0.05, 0) is 32.2 Å². The number of anilines is 2. The molecular formula is C12H19N3O. The molecule has 0 bridgehead atoms. The third-order valence-electron chi connectivity index (χ3n) is 3.20. The lowest BCUT2D eigenvalue weighted by molar-refractivity contribution is 0.161. The highest BCUT2D eigenvalue weighted by Gasteiger charge is 2.29. The van der Waals surface area contributed by atoms with E-state index in [0.717, 1.165) is 23.7 Å². The van der Waals surface area contributed by atoms with Gasteiger partial charge in [0.15, 0.2) is 0 Å². The van der Waals surface area contributed by atoms with Gasteiger partial charge in [-0.3, -0.25) is 0 Å². The molecule has 1 aromatic rings. The summed E-state index contributed by atoms with van der Waals surface area (Å²) in [4.78, 5) is 2.22. The predicted octanol–water partition coefficient (Wildman–Crippen LogP) is 1.07. The Morgan fingerprint density at radius 2 is 2.25 bits per heavy atom. The minimum Gasteiger partial charge on any atom is -0.485 e. The van der Waals surface area contributed by atoms with Crippen LogP contribution in [0.15, 0.2) is 18.2 Å². The fourth-order valence-corrected chi connectivity index (χ4v) is 2.05. The summed E-state index contributed by atoms with van der Waals surface area (Å²) in [6.45, 7) is 3.00. The van der Waals surface area contributed by atoms with Crippen molar-refractivity contribution in [2.75, 3.05) is 31.3 Å². The van der Waals surface area contributed by atoms with E-state index in [2.05, 4.69) is 24.2 Å². The molecule has 88 valence electrons. The summed E-state index contributed by atoms with van der Waals surface area (Å²) in [7, 11) is 4.02. The number of fused-ring (bicyclic) bond motifs is 1. The molecule has 0 aromatic heterocycles. The van der Waals surface area contributed by atoms with E-state index >= 15 is 0 Å². The zero-order valence-corrected chi connectivity index (χ0v) is 10.0. The van der Waals surface area contributed by atoms with Crippen molar-refractivity contribution in [1.82, 2.24) is 5.32 Å².